The fraction of sp³-hybridized carbons (Fsp3) is 0.588. The maximum Gasteiger partial charge on any atom is 0.256 e. The van der Waals surface area contributed by atoms with Gasteiger partial charge in [0.2, 0.25) is 0 Å². The summed E-state index contributed by atoms with van der Waals surface area (Å²) in [5.74, 6) is 0.107. The van der Waals surface area contributed by atoms with Gasteiger partial charge in [0.15, 0.2) is 0 Å². The minimum atomic E-state index is 0.107. The summed E-state index contributed by atoms with van der Waals surface area (Å²) in [6, 6.07) is 5.99. The third-order valence-corrected chi connectivity index (χ3v) is 3.97. The van der Waals surface area contributed by atoms with Gasteiger partial charge >= 0.3 is 0 Å². The van der Waals surface area contributed by atoms with E-state index in [0.29, 0.717) is 6.54 Å². The Labute approximate surface area is 127 Å². The quantitative estimate of drug-likeness (QED) is 0.906. The van der Waals surface area contributed by atoms with Crippen molar-refractivity contribution in [3.63, 3.8) is 0 Å². The number of rotatable bonds is 5. The monoisotopic (exact) mass is 290 g/mol. The van der Waals surface area contributed by atoms with Crippen molar-refractivity contribution in [2.45, 2.75) is 39.2 Å². The second-order valence-electron chi connectivity index (χ2n) is 5.73. The number of methoxy groups -OCH3 is 1. The second kappa shape index (κ2) is 7.46. The number of carbonyl (C=O) groups excluding carboxylic acids is 1. The Bertz CT molecular complexity index is 488. The lowest BCUT2D eigenvalue weighted by molar-refractivity contribution is 0.0269. The SMILES string of the molecule is CCCNc1cc(C)ccc1C(=O)N1CCCC(OC)C1. The van der Waals surface area contributed by atoms with Gasteiger partial charge in [-0.2, -0.15) is 0 Å². The highest BCUT2D eigenvalue weighted by Gasteiger charge is 2.25. The third-order valence-electron chi connectivity index (χ3n) is 3.97. The molecule has 116 valence electrons. The summed E-state index contributed by atoms with van der Waals surface area (Å²) in [5, 5.41) is 3.37. The van der Waals surface area contributed by atoms with Crippen molar-refractivity contribution in [1.29, 1.82) is 0 Å². The average molecular weight is 290 g/mol. The summed E-state index contributed by atoms with van der Waals surface area (Å²) in [4.78, 5) is 14.7. The maximum absolute atomic E-state index is 12.8. The lowest BCUT2D eigenvalue weighted by Gasteiger charge is -2.32. The standard InChI is InChI=1S/C17H26N2O2/c1-4-9-18-16-11-13(2)7-8-15(16)17(20)19-10-5-6-14(12-19)21-3/h7-8,11,14,18H,4-6,9-10,12H2,1-3H3. The van der Waals surface area contributed by atoms with Crippen LogP contribution >= 0.6 is 0 Å². The van der Waals surface area contributed by atoms with E-state index in [2.05, 4.69) is 18.3 Å². The summed E-state index contributed by atoms with van der Waals surface area (Å²) >= 11 is 0. The zero-order valence-corrected chi connectivity index (χ0v) is 13.3. The van der Waals surface area contributed by atoms with Gasteiger partial charge < -0.3 is 15.0 Å². The van der Waals surface area contributed by atoms with Crippen LogP contribution in [0, 0.1) is 6.92 Å². The Morgan fingerprint density at radius 2 is 2.29 bits per heavy atom. The van der Waals surface area contributed by atoms with E-state index >= 15 is 0 Å². The van der Waals surface area contributed by atoms with Crippen molar-refractivity contribution < 1.29 is 9.53 Å². The summed E-state index contributed by atoms with van der Waals surface area (Å²) in [7, 11) is 1.72. The highest BCUT2D eigenvalue weighted by atomic mass is 16.5. The van der Waals surface area contributed by atoms with Crippen molar-refractivity contribution in [2.75, 3.05) is 32.1 Å². The molecule has 0 spiro atoms. The van der Waals surface area contributed by atoms with Crippen molar-refractivity contribution in [2.24, 2.45) is 0 Å². The van der Waals surface area contributed by atoms with E-state index in [1.54, 1.807) is 7.11 Å². The molecule has 1 aliphatic rings. The number of hydrogen-bond acceptors (Lipinski definition) is 3. The van der Waals surface area contributed by atoms with Crippen LogP contribution in [0.1, 0.15) is 42.1 Å². The van der Waals surface area contributed by atoms with E-state index in [9.17, 15) is 4.79 Å². The topological polar surface area (TPSA) is 41.6 Å². The van der Waals surface area contributed by atoms with E-state index in [0.717, 1.165) is 43.6 Å². The van der Waals surface area contributed by atoms with Crippen molar-refractivity contribution >= 4 is 11.6 Å². The zero-order chi connectivity index (χ0) is 15.2. The number of likely N-dealkylation sites (tertiary alicyclic amines) is 1. The fourth-order valence-electron chi connectivity index (χ4n) is 2.74. The summed E-state index contributed by atoms with van der Waals surface area (Å²) in [5.41, 5.74) is 2.88. The molecule has 0 bridgehead atoms. The maximum atomic E-state index is 12.8. The molecule has 1 amide bonds. The highest BCUT2D eigenvalue weighted by Crippen LogP contribution is 2.22. The number of benzene rings is 1. The summed E-state index contributed by atoms with van der Waals surface area (Å²) in [6.07, 6.45) is 3.25. The number of aryl methyl sites for hydroxylation is 1. The van der Waals surface area contributed by atoms with Gasteiger partial charge in [0.1, 0.15) is 0 Å². The minimum absolute atomic E-state index is 0.107. The number of ether oxygens (including phenoxy) is 1. The first-order valence-corrected chi connectivity index (χ1v) is 7.82. The van der Waals surface area contributed by atoms with E-state index < -0.39 is 0 Å². The molecule has 0 radical (unpaired) electrons. The van der Waals surface area contributed by atoms with Gasteiger partial charge in [0, 0.05) is 32.4 Å². The number of carbonyl (C=O) groups is 1. The first kappa shape index (κ1) is 15.8. The molecule has 1 atom stereocenters. The number of amides is 1. The number of hydrogen-bond donors (Lipinski definition) is 1. The number of anilines is 1. The fourth-order valence-corrected chi connectivity index (χ4v) is 2.74. The van der Waals surface area contributed by atoms with E-state index in [4.69, 9.17) is 4.74 Å². The van der Waals surface area contributed by atoms with Crippen LogP contribution in [0.3, 0.4) is 0 Å². The lowest BCUT2D eigenvalue weighted by Crippen LogP contribution is -2.43. The molecule has 0 aromatic heterocycles. The van der Waals surface area contributed by atoms with Crippen LogP contribution in [0.4, 0.5) is 5.69 Å². The molecular formula is C17H26N2O2. The first-order valence-electron chi connectivity index (χ1n) is 7.82. The number of nitrogens with one attached hydrogen (secondary N) is 1. The van der Waals surface area contributed by atoms with Gasteiger partial charge in [-0.05, 0) is 43.9 Å². The van der Waals surface area contributed by atoms with Crippen molar-refractivity contribution in [3.8, 4) is 0 Å². The van der Waals surface area contributed by atoms with Crippen LogP contribution in [-0.2, 0) is 4.74 Å². The summed E-state index contributed by atoms with van der Waals surface area (Å²) < 4.78 is 5.41. The molecule has 4 heteroatoms. The molecule has 1 aromatic rings. The Hall–Kier alpha value is -1.55. The predicted molar refractivity (Wildman–Crippen MR) is 85.9 cm³/mol. The molecular weight excluding hydrogens is 264 g/mol. The largest absolute Gasteiger partial charge is 0.384 e. The van der Waals surface area contributed by atoms with Gasteiger partial charge in [0.25, 0.3) is 5.91 Å². The molecule has 1 heterocycles. The lowest BCUT2D eigenvalue weighted by atomic mass is 10.0. The third kappa shape index (κ3) is 3.97. The van der Waals surface area contributed by atoms with Crippen molar-refractivity contribution in [1.82, 2.24) is 4.90 Å². The molecule has 1 fully saturated rings. The van der Waals surface area contributed by atoms with Gasteiger partial charge in [-0.1, -0.05) is 13.0 Å². The molecule has 0 saturated carbocycles. The number of piperidine rings is 1. The molecule has 2 rings (SSSR count). The Kier molecular flexibility index (Phi) is 5.62. The average Bonchev–Trinajstić information content (AvgIpc) is 2.52. The Balaban J connectivity index is 2.17. The van der Waals surface area contributed by atoms with Crippen LogP contribution < -0.4 is 5.32 Å². The van der Waals surface area contributed by atoms with Gasteiger partial charge in [-0.25, -0.2) is 0 Å². The first-order chi connectivity index (χ1) is 10.2. The van der Waals surface area contributed by atoms with E-state index in [1.807, 2.05) is 24.0 Å². The van der Waals surface area contributed by atoms with Gasteiger partial charge in [0.05, 0.1) is 11.7 Å². The zero-order valence-electron chi connectivity index (χ0n) is 13.3. The molecule has 0 aliphatic carbocycles. The Morgan fingerprint density at radius 1 is 1.48 bits per heavy atom. The molecule has 1 aromatic carbocycles. The highest BCUT2D eigenvalue weighted by molar-refractivity contribution is 5.99. The molecule has 1 aliphatic heterocycles. The van der Waals surface area contributed by atoms with E-state index in [1.165, 1.54) is 5.56 Å². The molecule has 4 nitrogen and oxygen atoms in total. The van der Waals surface area contributed by atoms with Crippen LogP contribution in [-0.4, -0.2) is 43.7 Å². The van der Waals surface area contributed by atoms with Crippen LogP contribution in [0.15, 0.2) is 18.2 Å². The molecule has 1 unspecified atom stereocenters. The van der Waals surface area contributed by atoms with Crippen molar-refractivity contribution in [3.05, 3.63) is 29.3 Å². The van der Waals surface area contributed by atoms with Crippen LogP contribution in [0.2, 0.25) is 0 Å². The smallest absolute Gasteiger partial charge is 0.256 e. The van der Waals surface area contributed by atoms with Crippen LogP contribution in [0.5, 0.6) is 0 Å². The molecule has 1 N–H and O–H groups in total. The molecule has 21 heavy (non-hydrogen) atoms. The van der Waals surface area contributed by atoms with Gasteiger partial charge in [-0.15, -0.1) is 0 Å². The Morgan fingerprint density at radius 3 is 3.00 bits per heavy atom. The summed E-state index contributed by atoms with van der Waals surface area (Å²) in [6.45, 7) is 6.56. The predicted octanol–water partition coefficient (Wildman–Crippen LogP) is 3.07. The molecule has 1 saturated heterocycles. The minimum Gasteiger partial charge on any atom is -0.384 e. The van der Waals surface area contributed by atoms with E-state index in [-0.39, 0.29) is 12.0 Å². The number of nitrogens with zero attached hydrogens (tertiary/aromatic N) is 1. The van der Waals surface area contributed by atoms with Crippen LogP contribution in [0.25, 0.3) is 0 Å². The van der Waals surface area contributed by atoms with Gasteiger partial charge in [-0.3, -0.25) is 4.79 Å². The normalized spacial score (nSPS) is 18.6. The second-order valence-corrected chi connectivity index (χ2v) is 5.73.